The molecule has 26 heavy (non-hydrogen) atoms. The molecule has 7 heteroatoms. The third-order valence-electron chi connectivity index (χ3n) is 4.10. The van der Waals surface area contributed by atoms with E-state index in [4.69, 9.17) is 4.52 Å². The third-order valence-corrected chi connectivity index (χ3v) is 4.10. The number of aryl methyl sites for hydroxylation is 1. The zero-order valence-corrected chi connectivity index (χ0v) is 13.8. The molecular formula is C19H14N4O3. The average Bonchev–Trinajstić information content (AvgIpc) is 3.18. The van der Waals surface area contributed by atoms with Crippen LogP contribution < -0.4 is 5.32 Å². The Kier molecular flexibility index (Phi) is 3.81. The van der Waals surface area contributed by atoms with E-state index in [0.29, 0.717) is 28.0 Å². The first kappa shape index (κ1) is 15.8. The van der Waals surface area contributed by atoms with Crippen molar-refractivity contribution in [3.05, 3.63) is 66.2 Å². The summed E-state index contributed by atoms with van der Waals surface area (Å²) in [5.41, 5.74) is 3.08. The fourth-order valence-corrected chi connectivity index (χ4v) is 2.74. The summed E-state index contributed by atoms with van der Waals surface area (Å²) in [5, 5.41) is 17.2. The van der Waals surface area contributed by atoms with E-state index in [1.165, 1.54) is 18.7 Å². The van der Waals surface area contributed by atoms with E-state index >= 15 is 0 Å². The molecule has 0 unspecified atom stereocenters. The number of aromatic nitrogens is 3. The number of hydrogen-bond acceptors (Lipinski definition) is 6. The van der Waals surface area contributed by atoms with Gasteiger partial charge in [0.25, 0.3) is 5.91 Å². The van der Waals surface area contributed by atoms with E-state index < -0.39 is 0 Å². The molecule has 0 fully saturated rings. The molecule has 0 saturated heterocycles. The summed E-state index contributed by atoms with van der Waals surface area (Å²) in [6.07, 6.45) is 2.75. The molecule has 4 rings (SSSR count). The van der Waals surface area contributed by atoms with Gasteiger partial charge in [-0.1, -0.05) is 29.4 Å². The number of carbonyl (C=O) groups excluding carboxylic acids is 1. The van der Waals surface area contributed by atoms with Gasteiger partial charge < -0.3 is 14.9 Å². The highest BCUT2D eigenvalue weighted by atomic mass is 16.5. The maximum absolute atomic E-state index is 12.8. The van der Waals surface area contributed by atoms with Crippen LogP contribution in [-0.2, 0) is 0 Å². The molecule has 2 N–H and O–H groups in total. The molecule has 4 aromatic rings. The predicted molar refractivity (Wildman–Crippen MR) is 95.8 cm³/mol. The van der Waals surface area contributed by atoms with Gasteiger partial charge in [0.15, 0.2) is 0 Å². The molecule has 0 aliphatic carbocycles. The number of fused-ring (bicyclic) bond motifs is 1. The largest absolute Gasteiger partial charge is 0.506 e. The van der Waals surface area contributed by atoms with Gasteiger partial charge in [-0.3, -0.25) is 9.78 Å². The number of hydrogen-bond donors (Lipinski definition) is 2. The number of amides is 1. The van der Waals surface area contributed by atoms with Crippen LogP contribution in [0.2, 0.25) is 0 Å². The molecule has 2 aromatic heterocycles. The van der Waals surface area contributed by atoms with Gasteiger partial charge in [-0.25, -0.2) is 0 Å². The fraction of sp³-hybridized carbons (Fsp3) is 0.0526. The summed E-state index contributed by atoms with van der Waals surface area (Å²) in [7, 11) is 0. The van der Waals surface area contributed by atoms with E-state index in [2.05, 4.69) is 20.4 Å². The summed E-state index contributed by atoms with van der Waals surface area (Å²) >= 11 is 0. The number of aromatic hydroxyl groups is 1. The van der Waals surface area contributed by atoms with Crippen molar-refractivity contribution in [2.75, 3.05) is 5.32 Å². The van der Waals surface area contributed by atoms with Gasteiger partial charge >= 0.3 is 0 Å². The normalized spacial score (nSPS) is 10.8. The minimum Gasteiger partial charge on any atom is -0.506 e. The molecule has 0 bridgehead atoms. The maximum Gasteiger partial charge on any atom is 0.256 e. The maximum atomic E-state index is 12.8. The predicted octanol–water partition coefficient (Wildman–Crippen LogP) is 3.55. The Bertz CT molecular complexity index is 1110. The summed E-state index contributed by atoms with van der Waals surface area (Å²) in [6.45, 7) is 1.89. The standard InChI is InChI=1S/C19H14N4O3/c1-11-5-6-12(18-21-10-26-23-18)9-15(11)22-19(25)14-7-8-20-17-13(14)3-2-4-16(17)24/h2-10,24H,1H3,(H,22,25). The number of nitrogens with one attached hydrogen (secondary N) is 1. The molecular weight excluding hydrogens is 332 g/mol. The minimum atomic E-state index is -0.295. The molecule has 7 nitrogen and oxygen atoms in total. The van der Waals surface area contributed by atoms with Gasteiger partial charge in [-0.2, -0.15) is 4.98 Å². The third kappa shape index (κ3) is 2.75. The average molecular weight is 346 g/mol. The molecule has 128 valence electrons. The zero-order valence-electron chi connectivity index (χ0n) is 13.8. The second-order valence-corrected chi connectivity index (χ2v) is 5.77. The molecule has 0 radical (unpaired) electrons. The van der Waals surface area contributed by atoms with Crippen LogP contribution in [0.4, 0.5) is 5.69 Å². The van der Waals surface area contributed by atoms with Crippen molar-refractivity contribution in [3.63, 3.8) is 0 Å². The van der Waals surface area contributed by atoms with E-state index in [1.807, 2.05) is 19.1 Å². The Morgan fingerprint density at radius 2 is 2.04 bits per heavy atom. The van der Waals surface area contributed by atoms with E-state index in [-0.39, 0.29) is 11.7 Å². The number of benzene rings is 2. The number of phenols is 1. The van der Waals surface area contributed by atoms with Crippen LogP contribution in [-0.4, -0.2) is 26.1 Å². The molecule has 1 amide bonds. The Hall–Kier alpha value is -3.74. The van der Waals surface area contributed by atoms with Crippen molar-refractivity contribution in [1.82, 2.24) is 15.1 Å². The highest BCUT2D eigenvalue weighted by molar-refractivity contribution is 6.13. The number of nitrogens with zero attached hydrogens (tertiary/aromatic N) is 3. The van der Waals surface area contributed by atoms with Crippen molar-refractivity contribution in [1.29, 1.82) is 0 Å². The lowest BCUT2D eigenvalue weighted by atomic mass is 10.1. The minimum absolute atomic E-state index is 0.0347. The fourth-order valence-electron chi connectivity index (χ4n) is 2.74. The molecule has 0 aliphatic rings. The second kappa shape index (κ2) is 6.29. The highest BCUT2D eigenvalue weighted by Crippen LogP contribution is 2.27. The van der Waals surface area contributed by atoms with Crippen LogP contribution in [0.25, 0.3) is 22.3 Å². The molecule has 2 aromatic carbocycles. The number of para-hydroxylation sites is 1. The summed E-state index contributed by atoms with van der Waals surface area (Å²) in [5.74, 6) is 0.184. The van der Waals surface area contributed by atoms with Crippen LogP contribution in [0.1, 0.15) is 15.9 Å². The molecule has 0 aliphatic heterocycles. The topological polar surface area (TPSA) is 101 Å². The van der Waals surface area contributed by atoms with Gasteiger partial charge in [-0.15, -0.1) is 0 Å². The Labute approximate surface area is 148 Å². The van der Waals surface area contributed by atoms with E-state index in [0.717, 1.165) is 11.1 Å². The van der Waals surface area contributed by atoms with E-state index in [9.17, 15) is 9.90 Å². The van der Waals surface area contributed by atoms with Crippen LogP contribution in [0.5, 0.6) is 5.75 Å². The van der Waals surface area contributed by atoms with Crippen molar-refractivity contribution >= 4 is 22.5 Å². The number of carbonyl (C=O) groups is 1. The Morgan fingerprint density at radius 3 is 2.85 bits per heavy atom. The van der Waals surface area contributed by atoms with Gasteiger partial charge in [0.05, 0.1) is 5.56 Å². The molecule has 2 heterocycles. The first-order valence-electron chi connectivity index (χ1n) is 7.89. The number of anilines is 1. The van der Waals surface area contributed by atoms with Crippen molar-refractivity contribution in [2.24, 2.45) is 0 Å². The lowest BCUT2D eigenvalue weighted by Crippen LogP contribution is -2.13. The molecule has 0 spiro atoms. The van der Waals surface area contributed by atoms with Crippen LogP contribution in [0, 0.1) is 6.92 Å². The number of rotatable bonds is 3. The van der Waals surface area contributed by atoms with E-state index in [1.54, 1.807) is 24.3 Å². The molecule has 0 atom stereocenters. The highest BCUT2D eigenvalue weighted by Gasteiger charge is 2.14. The van der Waals surface area contributed by atoms with Gasteiger partial charge in [-0.05, 0) is 30.7 Å². The second-order valence-electron chi connectivity index (χ2n) is 5.77. The van der Waals surface area contributed by atoms with Crippen molar-refractivity contribution < 1.29 is 14.4 Å². The lowest BCUT2D eigenvalue weighted by Gasteiger charge is -2.11. The van der Waals surface area contributed by atoms with Crippen molar-refractivity contribution in [3.8, 4) is 17.1 Å². The quantitative estimate of drug-likeness (QED) is 0.588. The van der Waals surface area contributed by atoms with Gasteiger partial charge in [0.2, 0.25) is 12.2 Å². The smallest absolute Gasteiger partial charge is 0.256 e. The summed E-state index contributed by atoms with van der Waals surface area (Å²) in [6, 6.07) is 12.1. The van der Waals surface area contributed by atoms with Crippen LogP contribution in [0.3, 0.4) is 0 Å². The Morgan fingerprint density at radius 1 is 1.15 bits per heavy atom. The SMILES string of the molecule is Cc1ccc(-c2ncon2)cc1NC(=O)c1ccnc2c(O)cccc12. The molecule has 0 saturated carbocycles. The Balaban J connectivity index is 1.71. The van der Waals surface area contributed by atoms with Crippen molar-refractivity contribution in [2.45, 2.75) is 6.92 Å². The first-order valence-corrected chi connectivity index (χ1v) is 7.89. The number of phenolic OH excluding ortho intramolecular Hbond substituents is 1. The van der Waals surface area contributed by atoms with Crippen LogP contribution >= 0.6 is 0 Å². The van der Waals surface area contributed by atoms with Gasteiger partial charge in [0, 0.05) is 22.8 Å². The van der Waals surface area contributed by atoms with Crippen LogP contribution in [0.15, 0.2) is 59.6 Å². The number of pyridine rings is 1. The lowest BCUT2D eigenvalue weighted by molar-refractivity contribution is 0.102. The summed E-state index contributed by atoms with van der Waals surface area (Å²) < 4.78 is 4.77. The monoisotopic (exact) mass is 346 g/mol. The summed E-state index contributed by atoms with van der Waals surface area (Å²) in [4.78, 5) is 21.0. The van der Waals surface area contributed by atoms with Gasteiger partial charge in [0.1, 0.15) is 11.3 Å². The first-order chi connectivity index (χ1) is 12.6. The zero-order chi connectivity index (χ0) is 18.1.